The van der Waals surface area contributed by atoms with Crippen LogP contribution in [0.4, 0.5) is 0 Å². The Kier molecular flexibility index (Phi) is 3.57. The van der Waals surface area contributed by atoms with Crippen LogP contribution in [-0.2, 0) is 6.42 Å². The van der Waals surface area contributed by atoms with Crippen LogP contribution in [0.3, 0.4) is 0 Å². The van der Waals surface area contributed by atoms with Crippen molar-refractivity contribution in [2.75, 3.05) is 6.54 Å². The molecule has 4 N–H and O–H groups in total. The van der Waals surface area contributed by atoms with E-state index in [1.165, 1.54) is 6.07 Å². The second kappa shape index (κ2) is 4.48. The van der Waals surface area contributed by atoms with Gasteiger partial charge in [0.25, 0.3) is 0 Å². The number of benzene rings is 1. The summed E-state index contributed by atoms with van der Waals surface area (Å²) >= 11 is 3.30. The van der Waals surface area contributed by atoms with Crippen molar-refractivity contribution in [3.63, 3.8) is 0 Å². The molecular formula is C9H12BrNO2. The van der Waals surface area contributed by atoms with E-state index in [1.807, 2.05) is 0 Å². The van der Waals surface area contributed by atoms with Gasteiger partial charge in [-0.3, -0.25) is 0 Å². The fraction of sp³-hybridized carbons (Fsp3) is 0.333. The first-order chi connectivity index (χ1) is 6.16. The van der Waals surface area contributed by atoms with Gasteiger partial charge in [-0.15, -0.1) is 0 Å². The Morgan fingerprint density at radius 3 is 2.62 bits per heavy atom. The smallest absolute Gasteiger partial charge is 0.161 e. The average molecular weight is 246 g/mol. The molecule has 0 bridgehead atoms. The summed E-state index contributed by atoms with van der Waals surface area (Å²) in [5.41, 5.74) is 6.07. The Hall–Kier alpha value is -0.740. The van der Waals surface area contributed by atoms with Crippen LogP contribution in [-0.4, -0.2) is 16.8 Å². The van der Waals surface area contributed by atoms with Gasteiger partial charge in [0.05, 0.1) is 0 Å². The maximum absolute atomic E-state index is 9.48. The second-order valence-corrected chi connectivity index (χ2v) is 3.64. The van der Waals surface area contributed by atoms with Gasteiger partial charge in [-0.1, -0.05) is 15.9 Å². The lowest BCUT2D eigenvalue weighted by Gasteiger charge is -2.07. The summed E-state index contributed by atoms with van der Waals surface area (Å²) in [5, 5.41) is 18.7. The van der Waals surface area contributed by atoms with Crippen LogP contribution in [0, 0.1) is 0 Å². The van der Waals surface area contributed by atoms with Gasteiger partial charge < -0.3 is 15.9 Å². The minimum atomic E-state index is -0.0878. The number of phenolic OH excluding ortho intramolecular Hbond substituents is 2. The maximum atomic E-state index is 9.48. The van der Waals surface area contributed by atoms with Gasteiger partial charge in [-0.05, 0) is 31.5 Å². The van der Waals surface area contributed by atoms with Crippen molar-refractivity contribution in [1.82, 2.24) is 0 Å². The molecule has 1 rings (SSSR count). The quantitative estimate of drug-likeness (QED) is 0.712. The molecule has 0 spiro atoms. The van der Waals surface area contributed by atoms with Crippen molar-refractivity contribution in [1.29, 1.82) is 0 Å². The summed E-state index contributed by atoms with van der Waals surface area (Å²) in [6.45, 7) is 0.571. The molecule has 4 heteroatoms. The molecule has 1 aromatic carbocycles. The number of phenols is 2. The first-order valence-corrected chi connectivity index (χ1v) is 4.85. The van der Waals surface area contributed by atoms with Crippen LogP contribution >= 0.6 is 15.9 Å². The lowest BCUT2D eigenvalue weighted by molar-refractivity contribution is 0.398. The zero-order chi connectivity index (χ0) is 9.84. The number of halogens is 1. The van der Waals surface area contributed by atoms with E-state index in [2.05, 4.69) is 15.9 Å². The molecule has 0 atom stereocenters. The molecule has 72 valence electrons. The summed E-state index contributed by atoms with van der Waals surface area (Å²) in [4.78, 5) is 0. The van der Waals surface area contributed by atoms with Crippen molar-refractivity contribution in [2.45, 2.75) is 12.8 Å². The monoisotopic (exact) mass is 245 g/mol. The highest BCUT2D eigenvalue weighted by molar-refractivity contribution is 9.10. The summed E-state index contributed by atoms with van der Waals surface area (Å²) in [7, 11) is 0. The molecule has 0 fully saturated rings. The molecule has 0 aliphatic rings. The first kappa shape index (κ1) is 10.3. The predicted molar refractivity (Wildman–Crippen MR) is 54.8 cm³/mol. The van der Waals surface area contributed by atoms with E-state index in [1.54, 1.807) is 6.07 Å². The SMILES string of the molecule is NCCCc1c(Br)ccc(O)c1O. The largest absolute Gasteiger partial charge is 0.504 e. The molecule has 0 aliphatic heterocycles. The molecule has 0 radical (unpaired) electrons. The van der Waals surface area contributed by atoms with Crippen molar-refractivity contribution in [2.24, 2.45) is 5.73 Å². The molecular weight excluding hydrogens is 234 g/mol. The van der Waals surface area contributed by atoms with E-state index in [0.29, 0.717) is 18.5 Å². The summed E-state index contributed by atoms with van der Waals surface area (Å²) in [5.74, 6) is -0.141. The molecule has 0 saturated heterocycles. The van der Waals surface area contributed by atoms with Crippen LogP contribution in [0.2, 0.25) is 0 Å². The zero-order valence-electron chi connectivity index (χ0n) is 7.13. The Bertz CT molecular complexity index is 302. The number of nitrogens with two attached hydrogens (primary N) is 1. The third kappa shape index (κ3) is 2.35. The van der Waals surface area contributed by atoms with Crippen molar-refractivity contribution < 1.29 is 10.2 Å². The Balaban J connectivity index is 2.96. The Morgan fingerprint density at radius 2 is 2.00 bits per heavy atom. The van der Waals surface area contributed by atoms with Gasteiger partial charge >= 0.3 is 0 Å². The number of hydrogen-bond acceptors (Lipinski definition) is 3. The number of hydrogen-bond donors (Lipinski definition) is 3. The molecule has 0 heterocycles. The van der Waals surface area contributed by atoms with Gasteiger partial charge in [0.2, 0.25) is 0 Å². The van der Waals surface area contributed by atoms with Crippen LogP contribution in [0.25, 0.3) is 0 Å². The van der Waals surface area contributed by atoms with Gasteiger partial charge in [0.15, 0.2) is 11.5 Å². The number of aromatic hydroxyl groups is 2. The van der Waals surface area contributed by atoms with E-state index in [9.17, 15) is 10.2 Å². The van der Waals surface area contributed by atoms with E-state index < -0.39 is 0 Å². The minimum absolute atomic E-state index is 0.0529. The van der Waals surface area contributed by atoms with Gasteiger partial charge in [-0.2, -0.15) is 0 Å². The van der Waals surface area contributed by atoms with Crippen molar-refractivity contribution >= 4 is 15.9 Å². The van der Waals surface area contributed by atoms with E-state index in [-0.39, 0.29) is 11.5 Å². The normalized spacial score (nSPS) is 10.3. The van der Waals surface area contributed by atoms with E-state index in [4.69, 9.17) is 5.73 Å². The van der Waals surface area contributed by atoms with Crippen LogP contribution in [0.5, 0.6) is 11.5 Å². The van der Waals surface area contributed by atoms with Crippen LogP contribution < -0.4 is 5.73 Å². The van der Waals surface area contributed by atoms with Crippen molar-refractivity contribution in [3.05, 3.63) is 22.2 Å². The molecule has 0 amide bonds. The molecule has 0 unspecified atom stereocenters. The molecule has 3 nitrogen and oxygen atoms in total. The van der Waals surface area contributed by atoms with E-state index >= 15 is 0 Å². The van der Waals surface area contributed by atoms with Gasteiger partial charge in [0.1, 0.15) is 0 Å². The third-order valence-electron chi connectivity index (χ3n) is 1.84. The highest BCUT2D eigenvalue weighted by Crippen LogP contribution is 2.34. The topological polar surface area (TPSA) is 66.5 Å². The Morgan fingerprint density at radius 1 is 1.31 bits per heavy atom. The lowest BCUT2D eigenvalue weighted by Crippen LogP contribution is -2.00. The third-order valence-corrected chi connectivity index (χ3v) is 2.58. The van der Waals surface area contributed by atoms with Crippen LogP contribution in [0.1, 0.15) is 12.0 Å². The fourth-order valence-electron chi connectivity index (χ4n) is 1.12. The minimum Gasteiger partial charge on any atom is -0.504 e. The average Bonchev–Trinajstić information content (AvgIpc) is 2.12. The van der Waals surface area contributed by atoms with Crippen molar-refractivity contribution in [3.8, 4) is 11.5 Å². The second-order valence-electron chi connectivity index (χ2n) is 2.79. The Labute approximate surface area is 85.3 Å². The lowest BCUT2D eigenvalue weighted by atomic mass is 10.1. The molecule has 13 heavy (non-hydrogen) atoms. The predicted octanol–water partition coefficient (Wildman–Crippen LogP) is 1.75. The maximum Gasteiger partial charge on any atom is 0.161 e. The van der Waals surface area contributed by atoms with Gasteiger partial charge in [0, 0.05) is 10.0 Å². The summed E-state index contributed by atoms with van der Waals surface area (Å²) < 4.78 is 0.802. The summed E-state index contributed by atoms with van der Waals surface area (Å²) in [6.07, 6.45) is 1.45. The molecule has 0 aliphatic carbocycles. The highest BCUT2D eigenvalue weighted by atomic mass is 79.9. The molecule has 0 saturated carbocycles. The standard InChI is InChI=1S/C9H12BrNO2/c10-7-3-4-8(12)9(13)6(7)2-1-5-11/h3-4,12-13H,1-2,5,11H2. The molecule has 0 aromatic heterocycles. The summed E-state index contributed by atoms with van der Waals surface area (Å²) in [6, 6.07) is 3.16. The highest BCUT2D eigenvalue weighted by Gasteiger charge is 2.09. The van der Waals surface area contributed by atoms with Gasteiger partial charge in [-0.25, -0.2) is 0 Å². The number of rotatable bonds is 3. The molecule has 1 aromatic rings. The zero-order valence-corrected chi connectivity index (χ0v) is 8.71. The first-order valence-electron chi connectivity index (χ1n) is 4.06. The van der Waals surface area contributed by atoms with Crippen LogP contribution in [0.15, 0.2) is 16.6 Å². The fourth-order valence-corrected chi connectivity index (χ4v) is 1.63. The van der Waals surface area contributed by atoms with E-state index in [0.717, 1.165) is 10.9 Å².